The summed E-state index contributed by atoms with van der Waals surface area (Å²) in [5.74, 6) is 0. The van der Waals surface area contributed by atoms with Crippen molar-refractivity contribution in [2.24, 2.45) is 0 Å². The van der Waals surface area contributed by atoms with E-state index in [0.29, 0.717) is 5.56 Å². The van der Waals surface area contributed by atoms with Gasteiger partial charge < -0.3 is 5.32 Å². The van der Waals surface area contributed by atoms with Gasteiger partial charge >= 0.3 is 0 Å². The molecule has 3 rings (SSSR count). The zero-order chi connectivity index (χ0) is 18.1. The van der Waals surface area contributed by atoms with Crippen molar-refractivity contribution in [2.75, 3.05) is 12.4 Å². The van der Waals surface area contributed by atoms with Crippen molar-refractivity contribution in [1.29, 1.82) is 5.26 Å². The molecule has 0 aliphatic rings. The third-order valence-corrected chi connectivity index (χ3v) is 4.54. The van der Waals surface area contributed by atoms with Gasteiger partial charge in [-0.3, -0.25) is 0 Å². The van der Waals surface area contributed by atoms with Gasteiger partial charge in [0.25, 0.3) is 0 Å². The van der Waals surface area contributed by atoms with Gasteiger partial charge in [-0.2, -0.15) is 5.26 Å². The Hall–Kier alpha value is -2.83. The molecule has 2 nitrogen and oxygen atoms in total. The molecule has 0 radical (unpaired) electrons. The van der Waals surface area contributed by atoms with Crippen LogP contribution in [0.15, 0.2) is 66.0 Å². The minimum absolute atomic E-state index is 0.687. The maximum absolute atomic E-state index is 8.80. The molecular formula is C22H22N2S. The second-order valence-corrected chi connectivity index (χ2v) is 6.73. The molecule has 0 saturated heterocycles. The number of allylic oxidation sites excluding steroid dienone is 1. The van der Waals surface area contributed by atoms with Gasteiger partial charge in [-0.15, -0.1) is 11.3 Å². The Bertz CT molecular complexity index is 854. The summed E-state index contributed by atoms with van der Waals surface area (Å²) in [6.45, 7) is 4.18. The molecule has 1 heterocycles. The first-order valence-corrected chi connectivity index (χ1v) is 8.97. The summed E-state index contributed by atoms with van der Waals surface area (Å²) >= 11 is 1.78. The van der Waals surface area contributed by atoms with Gasteiger partial charge in [0, 0.05) is 17.6 Å². The number of nitrogens with zero attached hydrogens (tertiary/aromatic N) is 1. The summed E-state index contributed by atoms with van der Waals surface area (Å²) in [6.07, 6.45) is 2.15. The molecule has 3 heteroatoms. The van der Waals surface area contributed by atoms with Crippen molar-refractivity contribution in [1.82, 2.24) is 0 Å². The molecule has 0 amide bonds. The minimum Gasteiger partial charge on any atom is -0.388 e. The van der Waals surface area contributed by atoms with E-state index in [9.17, 15) is 0 Å². The van der Waals surface area contributed by atoms with E-state index in [1.54, 1.807) is 11.3 Å². The Morgan fingerprint density at radius 2 is 1.76 bits per heavy atom. The molecule has 0 atom stereocenters. The number of nitriles is 1. The fourth-order valence-corrected chi connectivity index (χ4v) is 2.86. The minimum atomic E-state index is 0.687. The van der Waals surface area contributed by atoms with Crippen LogP contribution in [-0.4, -0.2) is 7.05 Å². The van der Waals surface area contributed by atoms with Crippen LogP contribution in [0.1, 0.15) is 28.5 Å². The normalized spacial score (nSPS) is 10.4. The summed E-state index contributed by atoms with van der Waals surface area (Å²) in [4.78, 5) is 1.38. The van der Waals surface area contributed by atoms with Crippen LogP contribution in [-0.2, 0) is 0 Å². The van der Waals surface area contributed by atoms with Gasteiger partial charge in [-0.1, -0.05) is 36.4 Å². The van der Waals surface area contributed by atoms with Gasteiger partial charge in [-0.05, 0) is 66.3 Å². The number of nitrogens with one attached hydrogen (secondary N) is 1. The van der Waals surface area contributed by atoms with Crippen molar-refractivity contribution in [3.63, 3.8) is 0 Å². The van der Waals surface area contributed by atoms with Gasteiger partial charge in [0.1, 0.15) is 0 Å². The zero-order valence-electron chi connectivity index (χ0n) is 14.8. The van der Waals surface area contributed by atoms with Gasteiger partial charge in [0.2, 0.25) is 0 Å². The molecule has 0 aliphatic carbocycles. The first-order chi connectivity index (χ1) is 12.1. The van der Waals surface area contributed by atoms with Crippen molar-refractivity contribution >= 4 is 28.7 Å². The lowest BCUT2D eigenvalue weighted by atomic mass is 10.0. The number of thiophene rings is 1. The fraction of sp³-hybridized carbons (Fsp3) is 0.136. The first-order valence-electron chi connectivity index (χ1n) is 8.09. The predicted octanol–water partition coefficient (Wildman–Crippen LogP) is 6.22. The second kappa shape index (κ2) is 9.46. The summed E-state index contributed by atoms with van der Waals surface area (Å²) in [5.41, 5.74) is 5.26. The van der Waals surface area contributed by atoms with Gasteiger partial charge in [0.05, 0.1) is 11.6 Å². The van der Waals surface area contributed by atoms with E-state index in [-0.39, 0.29) is 0 Å². The fourth-order valence-electron chi connectivity index (χ4n) is 2.34. The lowest BCUT2D eigenvalue weighted by Crippen LogP contribution is -1.91. The molecule has 3 aromatic rings. The van der Waals surface area contributed by atoms with Crippen LogP contribution >= 0.6 is 11.3 Å². The van der Waals surface area contributed by atoms with E-state index in [4.69, 9.17) is 5.26 Å². The highest BCUT2D eigenvalue weighted by Gasteiger charge is 2.00. The SMILES string of the molecule is CNc1ccccc1/C=C(\C)c1ccc(C#N)cc1.Cc1cccs1. The van der Waals surface area contributed by atoms with Crippen LogP contribution in [0.25, 0.3) is 11.6 Å². The molecular weight excluding hydrogens is 324 g/mol. The van der Waals surface area contributed by atoms with Crippen molar-refractivity contribution in [2.45, 2.75) is 13.8 Å². The van der Waals surface area contributed by atoms with Crippen LogP contribution in [0, 0.1) is 18.3 Å². The summed E-state index contributed by atoms with van der Waals surface area (Å²) in [5, 5.41) is 14.1. The zero-order valence-corrected chi connectivity index (χ0v) is 15.6. The van der Waals surface area contributed by atoms with Crippen LogP contribution < -0.4 is 5.32 Å². The molecule has 1 aromatic heterocycles. The summed E-state index contributed by atoms with van der Waals surface area (Å²) < 4.78 is 0. The van der Waals surface area contributed by atoms with Crippen molar-refractivity contribution in [3.05, 3.63) is 87.6 Å². The Morgan fingerprint density at radius 3 is 2.28 bits per heavy atom. The average molecular weight is 346 g/mol. The predicted molar refractivity (Wildman–Crippen MR) is 110 cm³/mol. The largest absolute Gasteiger partial charge is 0.388 e. The van der Waals surface area contributed by atoms with E-state index < -0.39 is 0 Å². The molecule has 126 valence electrons. The van der Waals surface area contributed by atoms with Gasteiger partial charge in [0.15, 0.2) is 0 Å². The summed E-state index contributed by atoms with van der Waals surface area (Å²) in [7, 11) is 1.92. The highest BCUT2D eigenvalue weighted by Crippen LogP contribution is 2.22. The van der Waals surface area contributed by atoms with Crippen molar-refractivity contribution < 1.29 is 0 Å². The van der Waals surface area contributed by atoms with E-state index in [1.165, 1.54) is 10.5 Å². The lowest BCUT2D eigenvalue weighted by molar-refractivity contribution is 1.47. The maximum Gasteiger partial charge on any atom is 0.0991 e. The van der Waals surface area contributed by atoms with Crippen LogP contribution in [0.5, 0.6) is 0 Å². The molecule has 2 aromatic carbocycles. The monoisotopic (exact) mass is 346 g/mol. The summed E-state index contributed by atoms with van der Waals surface area (Å²) in [6, 6.07) is 22.1. The van der Waals surface area contributed by atoms with Crippen molar-refractivity contribution in [3.8, 4) is 6.07 Å². The Kier molecular flexibility index (Phi) is 7.00. The molecule has 0 unspecified atom stereocenters. The van der Waals surface area contributed by atoms with E-state index in [1.807, 2.05) is 43.4 Å². The maximum atomic E-state index is 8.80. The third-order valence-electron chi connectivity index (χ3n) is 3.73. The van der Waals surface area contributed by atoms with E-state index in [2.05, 4.69) is 61.0 Å². The van der Waals surface area contributed by atoms with Crippen LogP contribution in [0.2, 0.25) is 0 Å². The topological polar surface area (TPSA) is 35.8 Å². The van der Waals surface area contributed by atoms with Gasteiger partial charge in [-0.25, -0.2) is 0 Å². The molecule has 0 aliphatic heterocycles. The number of aryl methyl sites for hydroxylation is 1. The number of benzene rings is 2. The molecule has 0 fully saturated rings. The number of anilines is 1. The second-order valence-electron chi connectivity index (χ2n) is 5.58. The number of para-hydroxylation sites is 1. The molecule has 0 saturated carbocycles. The molecule has 1 N–H and O–H groups in total. The highest BCUT2D eigenvalue weighted by atomic mass is 32.1. The number of hydrogen-bond acceptors (Lipinski definition) is 3. The smallest absolute Gasteiger partial charge is 0.0991 e. The standard InChI is InChI=1S/C17H16N2.C5H6S/c1-13(15-9-7-14(12-18)8-10-15)11-16-5-3-4-6-17(16)19-2;1-5-3-2-4-6-5/h3-11,19H,1-2H3;2-4H,1H3/b13-11+;. The third kappa shape index (κ3) is 5.63. The van der Waals surface area contributed by atoms with E-state index in [0.717, 1.165) is 16.8 Å². The number of rotatable bonds is 3. The first kappa shape index (κ1) is 18.5. The Morgan fingerprint density at radius 1 is 1.04 bits per heavy atom. The molecule has 0 spiro atoms. The van der Waals surface area contributed by atoms with Crippen LogP contribution in [0.3, 0.4) is 0 Å². The lowest BCUT2D eigenvalue weighted by Gasteiger charge is -2.07. The number of hydrogen-bond donors (Lipinski definition) is 1. The molecule has 0 bridgehead atoms. The quantitative estimate of drug-likeness (QED) is 0.572. The van der Waals surface area contributed by atoms with E-state index >= 15 is 0 Å². The average Bonchev–Trinajstić information content (AvgIpc) is 3.13. The Labute approximate surface area is 154 Å². The molecule has 25 heavy (non-hydrogen) atoms. The highest BCUT2D eigenvalue weighted by molar-refractivity contribution is 7.09. The Balaban J connectivity index is 0.000000316. The van der Waals surface area contributed by atoms with Crippen LogP contribution in [0.4, 0.5) is 5.69 Å².